The second-order valence-corrected chi connectivity index (χ2v) is 7.70. The van der Waals surface area contributed by atoms with E-state index in [2.05, 4.69) is 9.97 Å². The molecule has 3 heterocycles. The number of ether oxygens (including phenoxy) is 1. The number of nitrogens with zero attached hydrogens (tertiary/aromatic N) is 2. The number of benzene rings is 1. The fraction of sp³-hybridized carbons (Fsp3) is 0.550. The van der Waals surface area contributed by atoms with E-state index in [0.717, 1.165) is 36.9 Å². The second-order valence-electron chi connectivity index (χ2n) is 7.70. The molecule has 1 amide bonds. The van der Waals surface area contributed by atoms with E-state index in [4.69, 9.17) is 4.74 Å². The summed E-state index contributed by atoms with van der Waals surface area (Å²) in [7, 11) is 0. The molecule has 0 bridgehead atoms. The molecule has 1 atom stereocenters. The maximum Gasteiger partial charge on any atom is 0.309 e. The summed E-state index contributed by atoms with van der Waals surface area (Å²) in [6.07, 6.45) is 6.21. The zero-order valence-electron chi connectivity index (χ0n) is 15.3. The van der Waals surface area contributed by atoms with Crippen LogP contribution < -0.4 is 0 Å². The molecular formula is C20H25N3O4. The zero-order valence-corrected chi connectivity index (χ0v) is 15.3. The highest BCUT2D eigenvalue weighted by atomic mass is 16.5. The summed E-state index contributed by atoms with van der Waals surface area (Å²) in [4.78, 5) is 33.8. The SMILES string of the molecule is O=C(c1ccc2nc[nH]c2c1)N1CCC(CC2CCCCO2)(C(=O)O)CC1. The standard InChI is InChI=1S/C20H25N3O4/c24-18(14-4-5-16-17(11-14)22-13-21-16)23-8-6-20(7-9-23,19(25)26)12-15-3-1-2-10-27-15/h4-5,11,13,15H,1-3,6-10,12H2,(H,21,22)(H,25,26). The summed E-state index contributed by atoms with van der Waals surface area (Å²) in [5, 5.41) is 9.89. The fourth-order valence-electron chi connectivity index (χ4n) is 4.30. The predicted octanol–water partition coefficient (Wildman–Crippen LogP) is 2.83. The Morgan fingerprint density at radius 1 is 1.30 bits per heavy atom. The van der Waals surface area contributed by atoms with Crippen molar-refractivity contribution in [2.24, 2.45) is 5.41 Å². The fourth-order valence-corrected chi connectivity index (χ4v) is 4.30. The third-order valence-corrected chi connectivity index (χ3v) is 6.02. The van der Waals surface area contributed by atoms with Gasteiger partial charge in [-0.05, 0) is 56.7 Å². The van der Waals surface area contributed by atoms with Gasteiger partial charge in [0.1, 0.15) is 0 Å². The number of hydrogen-bond acceptors (Lipinski definition) is 4. The molecule has 0 spiro atoms. The van der Waals surface area contributed by atoms with E-state index in [0.29, 0.717) is 37.9 Å². The minimum Gasteiger partial charge on any atom is -0.481 e. The summed E-state index contributed by atoms with van der Waals surface area (Å²) in [5.74, 6) is -0.818. The average Bonchev–Trinajstić information content (AvgIpc) is 3.16. The van der Waals surface area contributed by atoms with Crippen LogP contribution in [0, 0.1) is 5.41 Å². The molecule has 2 aromatic rings. The Hall–Kier alpha value is -2.41. The van der Waals surface area contributed by atoms with Crippen LogP contribution in [-0.4, -0.2) is 57.7 Å². The third kappa shape index (κ3) is 3.56. The molecular weight excluding hydrogens is 346 g/mol. The number of H-pyrrole nitrogens is 1. The summed E-state index contributed by atoms with van der Waals surface area (Å²) >= 11 is 0. The molecule has 4 rings (SSSR count). The lowest BCUT2D eigenvalue weighted by Gasteiger charge is -2.41. The first-order valence-corrected chi connectivity index (χ1v) is 9.65. The molecule has 27 heavy (non-hydrogen) atoms. The van der Waals surface area contributed by atoms with E-state index in [-0.39, 0.29) is 12.0 Å². The molecule has 1 aromatic heterocycles. The van der Waals surface area contributed by atoms with E-state index in [1.165, 1.54) is 0 Å². The smallest absolute Gasteiger partial charge is 0.309 e. The number of carboxylic acids is 1. The van der Waals surface area contributed by atoms with Crippen LogP contribution in [-0.2, 0) is 9.53 Å². The largest absolute Gasteiger partial charge is 0.481 e. The van der Waals surface area contributed by atoms with Crippen LogP contribution in [0.15, 0.2) is 24.5 Å². The number of rotatable bonds is 4. The molecule has 1 aromatic carbocycles. The van der Waals surface area contributed by atoms with Gasteiger partial charge in [0.2, 0.25) is 0 Å². The van der Waals surface area contributed by atoms with Crippen molar-refractivity contribution in [3.63, 3.8) is 0 Å². The molecule has 7 nitrogen and oxygen atoms in total. The Kier molecular flexibility index (Phi) is 4.86. The Bertz CT molecular complexity index is 833. The van der Waals surface area contributed by atoms with Gasteiger partial charge < -0.3 is 19.7 Å². The molecule has 2 N–H and O–H groups in total. The highest BCUT2D eigenvalue weighted by Gasteiger charge is 2.44. The van der Waals surface area contributed by atoms with E-state index < -0.39 is 11.4 Å². The van der Waals surface area contributed by atoms with Crippen molar-refractivity contribution in [1.29, 1.82) is 0 Å². The van der Waals surface area contributed by atoms with Gasteiger partial charge in [-0.25, -0.2) is 4.98 Å². The van der Waals surface area contributed by atoms with Crippen molar-refractivity contribution < 1.29 is 19.4 Å². The number of hydrogen-bond donors (Lipinski definition) is 2. The van der Waals surface area contributed by atoms with Crippen molar-refractivity contribution in [2.75, 3.05) is 19.7 Å². The number of nitrogens with one attached hydrogen (secondary N) is 1. The lowest BCUT2D eigenvalue weighted by Crippen LogP contribution is -2.48. The highest BCUT2D eigenvalue weighted by molar-refractivity contribution is 5.97. The van der Waals surface area contributed by atoms with Crippen LogP contribution in [0.5, 0.6) is 0 Å². The molecule has 144 valence electrons. The van der Waals surface area contributed by atoms with Gasteiger partial charge in [0.05, 0.1) is 28.9 Å². The molecule has 0 radical (unpaired) electrons. The monoisotopic (exact) mass is 371 g/mol. The molecule has 0 aliphatic carbocycles. The Balaban J connectivity index is 1.44. The number of imidazole rings is 1. The minimum atomic E-state index is -0.786. The van der Waals surface area contributed by atoms with Gasteiger partial charge >= 0.3 is 5.97 Å². The molecule has 2 saturated heterocycles. The number of aromatic nitrogens is 2. The summed E-state index contributed by atoms with van der Waals surface area (Å²) in [5.41, 5.74) is 1.46. The normalized spacial score (nSPS) is 22.7. The van der Waals surface area contributed by atoms with Gasteiger partial charge in [-0.2, -0.15) is 0 Å². The first kappa shape index (κ1) is 18.0. The summed E-state index contributed by atoms with van der Waals surface area (Å²) in [6, 6.07) is 5.41. The quantitative estimate of drug-likeness (QED) is 0.862. The van der Waals surface area contributed by atoms with Crippen molar-refractivity contribution in [3.8, 4) is 0 Å². The van der Waals surface area contributed by atoms with Gasteiger partial charge in [0.25, 0.3) is 5.91 Å². The lowest BCUT2D eigenvalue weighted by molar-refractivity contribution is -0.155. The first-order valence-electron chi connectivity index (χ1n) is 9.65. The number of carbonyl (C=O) groups is 2. The zero-order chi connectivity index (χ0) is 18.9. The van der Waals surface area contributed by atoms with Crippen LogP contribution in [0.1, 0.15) is 48.9 Å². The number of aromatic amines is 1. The molecule has 2 fully saturated rings. The Labute approximate surface area is 157 Å². The van der Waals surface area contributed by atoms with E-state index in [1.807, 2.05) is 6.07 Å². The number of fused-ring (bicyclic) bond motifs is 1. The van der Waals surface area contributed by atoms with Crippen molar-refractivity contribution in [3.05, 3.63) is 30.1 Å². The number of carboxylic acid groups (broad SMARTS) is 1. The second kappa shape index (κ2) is 7.31. The van der Waals surface area contributed by atoms with Crippen molar-refractivity contribution in [1.82, 2.24) is 14.9 Å². The molecule has 0 saturated carbocycles. The Morgan fingerprint density at radius 2 is 2.11 bits per heavy atom. The maximum atomic E-state index is 12.9. The van der Waals surface area contributed by atoms with Crippen LogP contribution >= 0.6 is 0 Å². The van der Waals surface area contributed by atoms with Gasteiger partial charge in [-0.1, -0.05) is 0 Å². The van der Waals surface area contributed by atoms with Gasteiger partial charge in [0.15, 0.2) is 0 Å². The summed E-state index contributed by atoms with van der Waals surface area (Å²) < 4.78 is 5.78. The number of piperidine rings is 1. The third-order valence-electron chi connectivity index (χ3n) is 6.02. The van der Waals surface area contributed by atoms with Crippen LogP contribution in [0.4, 0.5) is 0 Å². The topological polar surface area (TPSA) is 95.5 Å². The highest BCUT2D eigenvalue weighted by Crippen LogP contribution is 2.39. The molecule has 2 aliphatic heterocycles. The lowest BCUT2D eigenvalue weighted by atomic mass is 9.73. The molecule has 7 heteroatoms. The minimum absolute atomic E-state index is 0.0277. The number of carbonyl (C=O) groups excluding carboxylic acids is 1. The van der Waals surface area contributed by atoms with E-state index >= 15 is 0 Å². The van der Waals surface area contributed by atoms with Crippen LogP contribution in [0.2, 0.25) is 0 Å². The van der Waals surface area contributed by atoms with Gasteiger partial charge in [-0.3, -0.25) is 9.59 Å². The van der Waals surface area contributed by atoms with Gasteiger partial charge in [0, 0.05) is 25.3 Å². The van der Waals surface area contributed by atoms with Gasteiger partial charge in [-0.15, -0.1) is 0 Å². The van der Waals surface area contributed by atoms with E-state index in [9.17, 15) is 14.7 Å². The average molecular weight is 371 g/mol. The molecule has 1 unspecified atom stereocenters. The van der Waals surface area contributed by atoms with Crippen molar-refractivity contribution >= 4 is 22.9 Å². The number of likely N-dealkylation sites (tertiary alicyclic amines) is 1. The van der Waals surface area contributed by atoms with Crippen molar-refractivity contribution in [2.45, 2.75) is 44.6 Å². The predicted molar refractivity (Wildman–Crippen MR) is 99.5 cm³/mol. The van der Waals surface area contributed by atoms with E-state index in [1.54, 1.807) is 23.4 Å². The number of aliphatic carboxylic acids is 1. The molecule has 2 aliphatic rings. The maximum absolute atomic E-state index is 12.9. The number of amides is 1. The Morgan fingerprint density at radius 3 is 2.81 bits per heavy atom. The van der Waals surface area contributed by atoms with Crippen LogP contribution in [0.25, 0.3) is 11.0 Å². The first-order chi connectivity index (χ1) is 13.1. The van der Waals surface area contributed by atoms with Crippen LogP contribution in [0.3, 0.4) is 0 Å². The summed E-state index contributed by atoms with van der Waals surface area (Å²) in [6.45, 7) is 1.64.